The van der Waals surface area contributed by atoms with E-state index in [1.165, 1.54) is 56.9 Å². The zero-order valence-corrected chi connectivity index (χ0v) is 15.6. The lowest BCUT2D eigenvalue weighted by Crippen LogP contribution is -2.13. The van der Waals surface area contributed by atoms with Gasteiger partial charge in [-0.1, -0.05) is 81.3 Å². The van der Waals surface area contributed by atoms with E-state index in [0.717, 1.165) is 17.8 Å². The van der Waals surface area contributed by atoms with Crippen molar-refractivity contribution in [2.45, 2.75) is 65.2 Å². The first-order valence-corrected chi connectivity index (χ1v) is 10.0. The zero-order valence-electron chi connectivity index (χ0n) is 15.6. The van der Waals surface area contributed by atoms with Crippen LogP contribution in [-0.4, -0.2) is 0 Å². The minimum Gasteiger partial charge on any atom is -0.0808 e. The van der Waals surface area contributed by atoms with E-state index in [4.69, 9.17) is 0 Å². The fourth-order valence-electron chi connectivity index (χ4n) is 4.73. The Kier molecular flexibility index (Phi) is 5.98. The van der Waals surface area contributed by atoms with E-state index in [9.17, 15) is 0 Å². The predicted octanol–water partition coefficient (Wildman–Crippen LogP) is 6.97. The SMILES string of the molecule is C1=CC2CCC(CCc3ccccc3)C2C=C1.CC1(C)CCCC1. The number of fused-ring (bicyclic) bond motifs is 1. The second-order valence-corrected chi connectivity index (χ2v) is 8.74. The van der Waals surface area contributed by atoms with Gasteiger partial charge >= 0.3 is 0 Å². The molecule has 1 aromatic rings. The molecule has 3 unspecified atom stereocenters. The summed E-state index contributed by atoms with van der Waals surface area (Å²) in [7, 11) is 0. The monoisotopic (exact) mass is 322 g/mol. The average molecular weight is 323 g/mol. The third-order valence-electron chi connectivity index (χ3n) is 6.32. The van der Waals surface area contributed by atoms with Crippen molar-refractivity contribution >= 4 is 0 Å². The summed E-state index contributed by atoms with van der Waals surface area (Å²) in [6.07, 6.45) is 20.5. The van der Waals surface area contributed by atoms with E-state index in [1.807, 2.05) is 0 Å². The number of rotatable bonds is 3. The van der Waals surface area contributed by atoms with Crippen molar-refractivity contribution in [1.29, 1.82) is 0 Å². The number of hydrogen-bond acceptors (Lipinski definition) is 0. The first-order valence-electron chi connectivity index (χ1n) is 10.0. The third kappa shape index (κ3) is 4.85. The van der Waals surface area contributed by atoms with E-state index in [-0.39, 0.29) is 0 Å². The molecule has 3 aliphatic carbocycles. The van der Waals surface area contributed by atoms with Gasteiger partial charge in [0.2, 0.25) is 0 Å². The predicted molar refractivity (Wildman–Crippen MR) is 105 cm³/mol. The molecule has 0 aliphatic heterocycles. The van der Waals surface area contributed by atoms with Crippen LogP contribution in [-0.2, 0) is 6.42 Å². The number of benzene rings is 1. The maximum atomic E-state index is 2.44. The largest absolute Gasteiger partial charge is 0.0808 e. The molecule has 3 atom stereocenters. The van der Waals surface area contributed by atoms with Crippen LogP contribution in [0.1, 0.15) is 64.4 Å². The van der Waals surface area contributed by atoms with Crippen molar-refractivity contribution in [3.63, 3.8) is 0 Å². The third-order valence-corrected chi connectivity index (χ3v) is 6.32. The molecule has 0 nitrogen and oxygen atoms in total. The topological polar surface area (TPSA) is 0 Å². The van der Waals surface area contributed by atoms with Crippen LogP contribution in [0, 0.1) is 23.2 Å². The van der Waals surface area contributed by atoms with Crippen molar-refractivity contribution in [2.75, 3.05) is 0 Å². The average Bonchev–Trinajstić information content (AvgIpc) is 3.20. The van der Waals surface area contributed by atoms with Crippen LogP contribution in [0.2, 0.25) is 0 Å². The Morgan fingerprint density at radius 3 is 2.29 bits per heavy atom. The Labute approximate surface area is 149 Å². The van der Waals surface area contributed by atoms with Crippen LogP contribution in [0.15, 0.2) is 54.6 Å². The Morgan fingerprint density at radius 1 is 0.917 bits per heavy atom. The maximum absolute atomic E-state index is 2.44. The number of allylic oxidation sites excluding steroid dienone is 4. The van der Waals surface area contributed by atoms with Crippen molar-refractivity contribution in [3.05, 3.63) is 60.2 Å². The van der Waals surface area contributed by atoms with Gasteiger partial charge in [0.25, 0.3) is 0 Å². The highest BCUT2D eigenvalue weighted by Crippen LogP contribution is 2.42. The first-order chi connectivity index (χ1) is 11.6. The molecule has 0 amide bonds. The number of aryl methyl sites for hydroxylation is 1. The van der Waals surface area contributed by atoms with Gasteiger partial charge in [0, 0.05) is 0 Å². The van der Waals surface area contributed by atoms with Gasteiger partial charge in [-0.25, -0.2) is 0 Å². The Hall–Kier alpha value is -1.30. The lowest BCUT2D eigenvalue weighted by Gasteiger charge is -2.21. The van der Waals surface area contributed by atoms with E-state index in [1.54, 1.807) is 0 Å². The lowest BCUT2D eigenvalue weighted by molar-refractivity contribution is 0.382. The summed E-state index contributed by atoms with van der Waals surface area (Å²) in [6.45, 7) is 4.72. The standard InChI is InChI=1S/C17H20.C7H14/c1-2-6-14(7-3-1)10-11-16-13-12-15-8-4-5-9-17(15)16;1-7(2)5-3-4-6-7/h1-9,15-17H,10-13H2;3-6H2,1-2H3. The lowest BCUT2D eigenvalue weighted by atomic mass is 9.83. The summed E-state index contributed by atoms with van der Waals surface area (Å²) in [5.41, 5.74) is 2.19. The first kappa shape index (κ1) is 17.5. The van der Waals surface area contributed by atoms with Gasteiger partial charge in [0.1, 0.15) is 0 Å². The quantitative estimate of drug-likeness (QED) is 0.563. The molecule has 2 fully saturated rings. The highest BCUT2D eigenvalue weighted by molar-refractivity contribution is 5.18. The summed E-state index contributed by atoms with van der Waals surface area (Å²) in [4.78, 5) is 0. The molecule has 2 saturated carbocycles. The molecule has 1 aromatic carbocycles. The van der Waals surface area contributed by atoms with Gasteiger partial charge in [-0.15, -0.1) is 0 Å². The Morgan fingerprint density at radius 2 is 1.62 bits per heavy atom. The van der Waals surface area contributed by atoms with Crippen molar-refractivity contribution < 1.29 is 0 Å². The van der Waals surface area contributed by atoms with Crippen LogP contribution < -0.4 is 0 Å². The zero-order chi connectivity index (χ0) is 16.8. The van der Waals surface area contributed by atoms with Gasteiger partial charge in [-0.2, -0.15) is 0 Å². The van der Waals surface area contributed by atoms with Crippen molar-refractivity contribution in [1.82, 2.24) is 0 Å². The molecule has 24 heavy (non-hydrogen) atoms. The second kappa shape index (κ2) is 8.19. The molecule has 130 valence electrons. The molecule has 3 aliphatic rings. The highest BCUT2D eigenvalue weighted by atomic mass is 14.4. The molecule has 0 saturated heterocycles. The molecule has 0 heteroatoms. The summed E-state index contributed by atoms with van der Waals surface area (Å²) in [5.74, 6) is 2.56. The molecule has 0 N–H and O–H groups in total. The van der Waals surface area contributed by atoms with Gasteiger partial charge in [0.05, 0.1) is 0 Å². The minimum atomic E-state index is 0.694. The normalized spacial score (nSPS) is 29.8. The molecular weight excluding hydrogens is 288 g/mol. The summed E-state index contributed by atoms with van der Waals surface area (Å²) in [6, 6.07) is 10.9. The maximum Gasteiger partial charge on any atom is -0.0139 e. The van der Waals surface area contributed by atoms with Crippen LogP contribution in [0.5, 0.6) is 0 Å². The number of hydrogen-bond donors (Lipinski definition) is 0. The molecule has 0 aromatic heterocycles. The molecule has 0 heterocycles. The van der Waals surface area contributed by atoms with Crippen molar-refractivity contribution in [2.24, 2.45) is 23.2 Å². The van der Waals surface area contributed by atoms with Gasteiger partial charge in [0.15, 0.2) is 0 Å². The Bertz CT molecular complexity index is 541. The fraction of sp³-hybridized carbons (Fsp3) is 0.583. The summed E-state index contributed by atoms with van der Waals surface area (Å²) >= 11 is 0. The van der Waals surface area contributed by atoms with Crippen LogP contribution in [0.25, 0.3) is 0 Å². The molecular formula is C24H34. The van der Waals surface area contributed by atoms with E-state index >= 15 is 0 Å². The molecule has 0 spiro atoms. The van der Waals surface area contributed by atoms with Crippen LogP contribution in [0.4, 0.5) is 0 Å². The smallest absolute Gasteiger partial charge is 0.0139 e. The molecule has 0 radical (unpaired) electrons. The van der Waals surface area contributed by atoms with E-state index in [2.05, 4.69) is 68.5 Å². The second-order valence-electron chi connectivity index (χ2n) is 8.74. The molecule has 0 bridgehead atoms. The van der Waals surface area contributed by atoms with Crippen LogP contribution >= 0.6 is 0 Å². The summed E-state index contributed by atoms with van der Waals surface area (Å²) in [5, 5.41) is 0. The van der Waals surface area contributed by atoms with Gasteiger partial charge < -0.3 is 0 Å². The minimum absolute atomic E-state index is 0.694. The summed E-state index contributed by atoms with van der Waals surface area (Å²) < 4.78 is 0. The Balaban J connectivity index is 0.000000203. The van der Waals surface area contributed by atoms with E-state index < -0.39 is 0 Å². The van der Waals surface area contributed by atoms with Gasteiger partial charge in [-0.3, -0.25) is 0 Å². The highest BCUT2D eigenvalue weighted by Gasteiger charge is 2.33. The molecule has 4 rings (SSSR count). The fourth-order valence-corrected chi connectivity index (χ4v) is 4.73. The van der Waals surface area contributed by atoms with E-state index in [0.29, 0.717) is 5.41 Å². The van der Waals surface area contributed by atoms with Crippen LogP contribution in [0.3, 0.4) is 0 Å². The van der Waals surface area contributed by atoms with Gasteiger partial charge in [-0.05, 0) is 67.3 Å². The van der Waals surface area contributed by atoms with Crippen molar-refractivity contribution in [3.8, 4) is 0 Å².